The lowest BCUT2D eigenvalue weighted by Gasteiger charge is -2.46. The molecule has 36 heavy (non-hydrogen) atoms. The van der Waals surface area contributed by atoms with Crippen LogP contribution >= 0.6 is 7.82 Å². The molecule has 0 aromatic carbocycles. The van der Waals surface area contributed by atoms with E-state index in [0.717, 1.165) is 38.5 Å². The second-order valence-electron chi connectivity index (χ2n) is 9.07. The van der Waals surface area contributed by atoms with Gasteiger partial charge in [-0.1, -0.05) is 31.8 Å². The largest absolute Gasteiger partial charge is 0.756 e. The summed E-state index contributed by atoms with van der Waals surface area (Å²) in [4.78, 5) is 12.2. The Morgan fingerprint density at radius 3 is 2.14 bits per heavy atom. The standard InChI is InChI=1S/C22H41O13P/c1-3-4-5-6-7-8-9-10-11-31-36(29,30)35-22-19(28)17(26)20(14(12-23)33-22)34-21-18(27)16(25)15(24)13(2)32-21/h3,13-28H,1,4-12H2,2H3,(H,29,30)/p-1/t13-,14-,15+,16+,17-,18-,19+,20-,21+,22-/m1/s1. The monoisotopic (exact) mass is 543 g/mol. The summed E-state index contributed by atoms with van der Waals surface area (Å²) in [6.07, 6.45) is -7.61. The van der Waals surface area contributed by atoms with Gasteiger partial charge >= 0.3 is 0 Å². The quantitative estimate of drug-likeness (QED) is 0.0838. The first kappa shape index (κ1) is 31.7. The van der Waals surface area contributed by atoms with Crippen LogP contribution in [0.4, 0.5) is 0 Å². The Labute approximate surface area is 210 Å². The number of hydrogen-bond acceptors (Lipinski definition) is 13. The van der Waals surface area contributed by atoms with E-state index in [2.05, 4.69) is 6.58 Å². The maximum atomic E-state index is 12.2. The molecule has 6 N–H and O–H groups in total. The van der Waals surface area contributed by atoms with Gasteiger partial charge in [0.05, 0.1) is 19.3 Å². The molecule has 2 aliphatic rings. The van der Waals surface area contributed by atoms with Crippen molar-refractivity contribution in [1.82, 2.24) is 0 Å². The summed E-state index contributed by atoms with van der Waals surface area (Å²) in [7, 11) is -4.93. The van der Waals surface area contributed by atoms with Crippen molar-refractivity contribution in [2.45, 2.75) is 113 Å². The third-order valence-corrected chi connectivity index (χ3v) is 7.17. The molecule has 0 aromatic heterocycles. The molecule has 212 valence electrons. The lowest BCUT2D eigenvalue weighted by Crippen LogP contribution is -2.64. The number of allylic oxidation sites excluding steroid dienone is 1. The second-order valence-corrected chi connectivity index (χ2v) is 10.4. The smallest absolute Gasteiger partial charge is 0.270 e. The summed E-state index contributed by atoms with van der Waals surface area (Å²) in [6.45, 7) is 4.18. The van der Waals surface area contributed by atoms with Gasteiger partial charge in [-0.2, -0.15) is 0 Å². The zero-order chi connectivity index (χ0) is 26.9. The number of aliphatic hydroxyl groups is 6. The van der Waals surface area contributed by atoms with Crippen LogP contribution in [0.25, 0.3) is 0 Å². The van der Waals surface area contributed by atoms with E-state index in [9.17, 15) is 40.1 Å². The van der Waals surface area contributed by atoms with Crippen LogP contribution in [-0.4, -0.2) is 105 Å². The van der Waals surface area contributed by atoms with Gasteiger partial charge in [0.1, 0.15) is 42.7 Å². The molecular formula is C22H40O13P-. The van der Waals surface area contributed by atoms with Gasteiger partial charge in [0.25, 0.3) is 7.82 Å². The van der Waals surface area contributed by atoms with Gasteiger partial charge in [0, 0.05) is 0 Å². The Kier molecular flexibility index (Phi) is 13.4. The number of hydrogen-bond donors (Lipinski definition) is 6. The zero-order valence-corrected chi connectivity index (χ0v) is 21.3. The van der Waals surface area contributed by atoms with E-state index in [-0.39, 0.29) is 6.61 Å². The van der Waals surface area contributed by atoms with Crippen LogP contribution in [0, 0.1) is 0 Å². The SMILES string of the molecule is C=CCCCCCCCCOP(=O)([O-])O[C@H]1O[C@H](CO)[C@@H](O[C@@H]2O[C@H](C)[C@H](O)[C@H](O)[C@H]2O)[C@H](O)[C@@H]1O. The second kappa shape index (κ2) is 15.2. The molecule has 0 amide bonds. The Balaban J connectivity index is 1.85. The predicted molar refractivity (Wildman–Crippen MR) is 122 cm³/mol. The van der Waals surface area contributed by atoms with Crippen LogP contribution in [-0.2, 0) is 27.8 Å². The molecule has 0 aromatic rings. The van der Waals surface area contributed by atoms with Crippen molar-refractivity contribution >= 4 is 7.82 Å². The first-order chi connectivity index (χ1) is 17.0. The van der Waals surface area contributed by atoms with Crippen molar-refractivity contribution in [2.75, 3.05) is 13.2 Å². The van der Waals surface area contributed by atoms with Gasteiger partial charge in [0.15, 0.2) is 12.6 Å². The van der Waals surface area contributed by atoms with Crippen LogP contribution in [0.5, 0.6) is 0 Å². The Morgan fingerprint density at radius 2 is 1.50 bits per heavy atom. The van der Waals surface area contributed by atoms with Crippen LogP contribution < -0.4 is 4.89 Å². The Morgan fingerprint density at radius 1 is 0.889 bits per heavy atom. The lowest BCUT2D eigenvalue weighted by molar-refractivity contribution is -0.354. The van der Waals surface area contributed by atoms with Crippen LogP contribution in [0.3, 0.4) is 0 Å². The van der Waals surface area contributed by atoms with E-state index >= 15 is 0 Å². The first-order valence-electron chi connectivity index (χ1n) is 12.2. The highest BCUT2D eigenvalue weighted by Gasteiger charge is 2.50. The van der Waals surface area contributed by atoms with Crippen LogP contribution in [0.1, 0.15) is 51.9 Å². The molecule has 0 spiro atoms. The van der Waals surface area contributed by atoms with Crippen molar-refractivity contribution in [3.05, 3.63) is 12.7 Å². The summed E-state index contributed by atoms with van der Waals surface area (Å²) in [5, 5.41) is 60.4. The van der Waals surface area contributed by atoms with Crippen molar-refractivity contribution in [2.24, 2.45) is 0 Å². The molecule has 0 saturated carbocycles. The highest BCUT2D eigenvalue weighted by Crippen LogP contribution is 2.43. The normalized spacial score (nSPS) is 39.0. The minimum Gasteiger partial charge on any atom is -0.756 e. The summed E-state index contributed by atoms with van der Waals surface area (Å²) in [5.41, 5.74) is 0. The molecule has 2 aliphatic heterocycles. The predicted octanol–water partition coefficient (Wildman–Crippen LogP) is -0.944. The summed E-state index contributed by atoms with van der Waals surface area (Å²) in [6, 6.07) is 0. The number of unbranched alkanes of at least 4 members (excludes halogenated alkanes) is 6. The van der Waals surface area contributed by atoms with Crippen molar-refractivity contribution in [1.29, 1.82) is 0 Å². The molecule has 13 nitrogen and oxygen atoms in total. The van der Waals surface area contributed by atoms with Crippen molar-refractivity contribution in [3.8, 4) is 0 Å². The lowest BCUT2D eigenvalue weighted by atomic mass is 9.97. The fourth-order valence-electron chi connectivity index (χ4n) is 4.02. The highest BCUT2D eigenvalue weighted by atomic mass is 31.2. The number of aliphatic hydroxyl groups excluding tert-OH is 6. The van der Waals surface area contributed by atoms with Gasteiger partial charge in [-0.25, -0.2) is 0 Å². The van der Waals surface area contributed by atoms with E-state index < -0.39 is 75.8 Å². The molecule has 14 heteroatoms. The summed E-state index contributed by atoms with van der Waals surface area (Å²) < 4.78 is 37.9. The molecular weight excluding hydrogens is 503 g/mol. The fourth-order valence-corrected chi connectivity index (χ4v) is 4.86. The number of phosphoric acid groups is 1. The van der Waals surface area contributed by atoms with E-state index in [1.807, 2.05) is 6.08 Å². The maximum absolute atomic E-state index is 12.2. The van der Waals surface area contributed by atoms with Crippen LogP contribution in [0.15, 0.2) is 12.7 Å². The highest BCUT2D eigenvalue weighted by molar-refractivity contribution is 7.45. The molecule has 2 fully saturated rings. The van der Waals surface area contributed by atoms with E-state index in [4.69, 9.17) is 23.3 Å². The number of ether oxygens (including phenoxy) is 3. The third-order valence-electron chi connectivity index (χ3n) is 6.21. The topological polar surface area (TPSA) is 208 Å². The van der Waals surface area contributed by atoms with Gasteiger partial charge in [-0.05, 0) is 26.2 Å². The molecule has 11 atom stereocenters. The average molecular weight is 544 g/mol. The molecule has 1 unspecified atom stereocenters. The van der Waals surface area contributed by atoms with E-state index in [0.29, 0.717) is 6.42 Å². The number of phosphoric ester groups is 1. The van der Waals surface area contributed by atoms with Crippen molar-refractivity contribution < 1.29 is 63.4 Å². The molecule has 2 heterocycles. The maximum Gasteiger partial charge on any atom is 0.270 e. The summed E-state index contributed by atoms with van der Waals surface area (Å²) in [5.74, 6) is 0. The minimum absolute atomic E-state index is 0.128. The number of rotatable bonds is 15. The fraction of sp³-hybridized carbons (Fsp3) is 0.909. The molecule has 0 radical (unpaired) electrons. The van der Waals surface area contributed by atoms with Gasteiger partial charge in [-0.15, -0.1) is 6.58 Å². The average Bonchev–Trinajstić information content (AvgIpc) is 2.84. The van der Waals surface area contributed by atoms with Crippen LogP contribution in [0.2, 0.25) is 0 Å². The minimum atomic E-state index is -4.93. The van der Waals surface area contributed by atoms with Gasteiger partial charge in [-0.3, -0.25) is 9.09 Å². The summed E-state index contributed by atoms with van der Waals surface area (Å²) >= 11 is 0. The Bertz CT molecular complexity index is 695. The van der Waals surface area contributed by atoms with Gasteiger partial charge < -0.3 is 54.3 Å². The molecule has 2 saturated heterocycles. The zero-order valence-electron chi connectivity index (χ0n) is 20.4. The Hall–Kier alpha value is -0.510. The van der Waals surface area contributed by atoms with E-state index in [1.54, 1.807) is 0 Å². The molecule has 0 bridgehead atoms. The van der Waals surface area contributed by atoms with Crippen molar-refractivity contribution in [3.63, 3.8) is 0 Å². The van der Waals surface area contributed by atoms with E-state index in [1.165, 1.54) is 6.92 Å². The van der Waals surface area contributed by atoms with Gasteiger partial charge in [0.2, 0.25) is 0 Å². The first-order valence-corrected chi connectivity index (χ1v) is 13.7. The molecule has 0 aliphatic carbocycles. The third kappa shape index (κ3) is 9.05. The molecule has 2 rings (SSSR count).